The van der Waals surface area contributed by atoms with Crippen molar-refractivity contribution in [1.29, 1.82) is 0 Å². The Hall–Kier alpha value is -2.08. The number of benzene rings is 1. The highest BCUT2D eigenvalue weighted by Crippen LogP contribution is 2.19. The molecule has 0 aliphatic heterocycles. The summed E-state index contributed by atoms with van der Waals surface area (Å²) in [5.41, 5.74) is 1.29. The van der Waals surface area contributed by atoms with Crippen molar-refractivity contribution in [3.05, 3.63) is 35.9 Å². The lowest BCUT2D eigenvalue weighted by Crippen LogP contribution is -2.44. The fraction of sp³-hybridized carbons (Fsp3) is 0.600. The molecule has 0 heterocycles. The number of carbonyl (C=O) groups is 1. The predicted octanol–water partition coefficient (Wildman–Crippen LogP) is 2.15. The summed E-state index contributed by atoms with van der Waals surface area (Å²) in [6, 6.07) is 11.0. The molecule has 0 aromatic heterocycles. The second-order valence-corrected chi connectivity index (χ2v) is 6.50. The summed E-state index contributed by atoms with van der Waals surface area (Å²) in [7, 11) is 1.75. The first-order valence-corrected chi connectivity index (χ1v) is 9.54. The van der Waals surface area contributed by atoms with Crippen molar-refractivity contribution in [2.45, 2.75) is 46.2 Å². The molecule has 26 heavy (non-hydrogen) atoms. The molecule has 3 N–H and O–H groups in total. The van der Waals surface area contributed by atoms with Crippen molar-refractivity contribution in [3.63, 3.8) is 0 Å². The van der Waals surface area contributed by atoms with E-state index in [1.54, 1.807) is 7.05 Å². The van der Waals surface area contributed by atoms with Gasteiger partial charge in [0.15, 0.2) is 5.96 Å². The van der Waals surface area contributed by atoms with E-state index in [1.165, 1.54) is 5.56 Å². The van der Waals surface area contributed by atoms with Gasteiger partial charge in [-0.2, -0.15) is 0 Å². The maximum atomic E-state index is 11.7. The lowest BCUT2D eigenvalue weighted by molar-refractivity contribution is -0.121. The van der Waals surface area contributed by atoms with Crippen LogP contribution in [0.15, 0.2) is 35.3 Å². The quantitative estimate of drug-likeness (QED) is 0.441. The Labute approximate surface area is 158 Å². The molecule has 6 heteroatoms. The molecule has 1 aromatic rings. The standard InChI is InChI=1S/C20H35N5O/c1-6-25(7-2)18(17-11-9-8-10-12-17)15-23-20(21-5)22-14-13-19(26)24-16(3)4/h8-12,16,18H,6-7,13-15H2,1-5H3,(H,24,26)(H2,21,22,23). The number of nitrogens with one attached hydrogen (secondary N) is 3. The molecule has 0 saturated heterocycles. The Morgan fingerprint density at radius 3 is 2.31 bits per heavy atom. The van der Waals surface area contributed by atoms with Gasteiger partial charge in [-0.3, -0.25) is 14.7 Å². The molecule has 0 radical (unpaired) electrons. The van der Waals surface area contributed by atoms with Gasteiger partial charge < -0.3 is 16.0 Å². The minimum absolute atomic E-state index is 0.0493. The predicted molar refractivity (Wildman–Crippen MR) is 109 cm³/mol. The van der Waals surface area contributed by atoms with Crippen LogP contribution in [-0.2, 0) is 4.79 Å². The number of likely N-dealkylation sites (N-methyl/N-ethyl adjacent to an activating group) is 1. The molecule has 1 rings (SSSR count). The highest BCUT2D eigenvalue weighted by Gasteiger charge is 2.18. The highest BCUT2D eigenvalue weighted by molar-refractivity contribution is 5.81. The van der Waals surface area contributed by atoms with Crippen molar-refractivity contribution >= 4 is 11.9 Å². The summed E-state index contributed by atoms with van der Waals surface area (Å²) in [5.74, 6) is 0.767. The van der Waals surface area contributed by atoms with E-state index in [1.807, 2.05) is 19.9 Å². The number of nitrogens with zero attached hydrogens (tertiary/aromatic N) is 2. The third-order valence-corrected chi connectivity index (χ3v) is 4.22. The fourth-order valence-electron chi connectivity index (χ4n) is 2.90. The minimum Gasteiger partial charge on any atom is -0.356 e. The molecule has 0 saturated carbocycles. The maximum absolute atomic E-state index is 11.7. The molecule has 6 nitrogen and oxygen atoms in total. The Bertz CT molecular complexity index is 540. The molecule has 0 aliphatic carbocycles. The summed E-state index contributed by atoms with van der Waals surface area (Å²) in [6.07, 6.45) is 0.428. The van der Waals surface area contributed by atoms with Crippen LogP contribution in [-0.4, -0.2) is 56.0 Å². The Balaban J connectivity index is 2.58. The lowest BCUT2D eigenvalue weighted by Gasteiger charge is -2.30. The van der Waals surface area contributed by atoms with Gasteiger partial charge in [-0.1, -0.05) is 44.2 Å². The normalized spacial score (nSPS) is 13.0. The van der Waals surface area contributed by atoms with Crippen LogP contribution < -0.4 is 16.0 Å². The molecule has 1 amide bonds. The average molecular weight is 362 g/mol. The molecular weight excluding hydrogens is 326 g/mol. The molecule has 146 valence electrons. The molecule has 1 atom stereocenters. The van der Waals surface area contributed by atoms with Gasteiger partial charge in [0, 0.05) is 32.6 Å². The maximum Gasteiger partial charge on any atom is 0.221 e. The van der Waals surface area contributed by atoms with E-state index < -0.39 is 0 Å². The topological polar surface area (TPSA) is 68.8 Å². The van der Waals surface area contributed by atoms with Crippen molar-refractivity contribution < 1.29 is 4.79 Å². The second-order valence-electron chi connectivity index (χ2n) is 6.50. The van der Waals surface area contributed by atoms with Crippen LogP contribution in [0, 0.1) is 0 Å². The van der Waals surface area contributed by atoms with Gasteiger partial charge in [0.1, 0.15) is 0 Å². The number of carbonyl (C=O) groups excluding carboxylic acids is 1. The first-order chi connectivity index (χ1) is 12.5. The number of amides is 1. The van der Waals surface area contributed by atoms with Crippen molar-refractivity contribution in [2.75, 3.05) is 33.2 Å². The van der Waals surface area contributed by atoms with Crippen LogP contribution >= 0.6 is 0 Å². The SMILES string of the molecule is CCN(CC)C(CNC(=NC)NCCC(=O)NC(C)C)c1ccccc1. The number of hydrogen-bond acceptors (Lipinski definition) is 3. The van der Waals surface area contributed by atoms with Crippen LogP contribution in [0.5, 0.6) is 0 Å². The van der Waals surface area contributed by atoms with Crippen LogP contribution in [0.1, 0.15) is 45.7 Å². The third kappa shape index (κ3) is 7.87. The molecule has 0 aliphatic rings. The number of hydrogen-bond donors (Lipinski definition) is 3. The van der Waals surface area contributed by atoms with E-state index in [9.17, 15) is 4.79 Å². The van der Waals surface area contributed by atoms with E-state index in [0.717, 1.165) is 25.6 Å². The summed E-state index contributed by atoms with van der Waals surface area (Å²) in [4.78, 5) is 18.4. The Morgan fingerprint density at radius 2 is 1.77 bits per heavy atom. The minimum atomic E-state index is 0.0493. The zero-order valence-corrected chi connectivity index (χ0v) is 16.9. The molecule has 1 unspecified atom stereocenters. The smallest absolute Gasteiger partial charge is 0.221 e. The van der Waals surface area contributed by atoms with Gasteiger partial charge in [-0.05, 0) is 32.5 Å². The zero-order valence-electron chi connectivity index (χ0n) is 16.9. The second kappa shape index (κ2) is 12.3. The average Bonchev–Trinajstić information content (AvgIpc) is 2.63. The van der Waals surface area contributed by atoms with E-state index in [2.05, 4.69) is 64.0 Å². The number of aliphatic imine (C=N–C) groups is 1. The van der Waals surface area contributed by atoms with Gasteiger partial charge >= 0.3 is 0 Å². The molecule has 1 aromatic carbocycles. The number of guanidine groups is 1. The largest absolute Gasteiger partial charge is 0.356 e. The van der Waals surface area contributed by atoms with Crippen LogP contribution in [0.4, 0.5) is 0 Å². The first-order valence-electron chi connectivity index (χ1n) is 9.54. The summed E-state index contributed by atoms with van der Waals surface area (Å²) in [5, 5.41) is 9.50. The molecular formula is C20H35N5O. The monoisotopic (exact) mass is 361 g/mol. The van der Waals surface area contributed by atoms with Gasteiger partial charge in [0.25, 0.3) is 0 Å². The van der Waals surface area contributed by atoms with Crippen molar-refractivity contribution in [1.82, 2.24) is 20.9 Å². The van der Waals surface area contributed by atoms with Crippen LogP contribution in [0.3, 0.4) is 0 Å². The third-order valence-electron chi connectivity index (χ3n) is 4.22. The highest BCUT2D eigenvalue weighted by atomic mass is 16.1. The van der Waals surface area contributed by atoms with Gasteiger partial charge in [0.05, 0.1) is 6.04 Å². The number of rotatable bonds is 10. The first kappa shape index (κ1) is 22.0. The van der Waals surface area contributed by atoms with E-state index in [-0.39, 0.29) is 18.0 Å². The van der Waals surface area contributed by atoms with Gasteiger partial charge in [0.2, 0.25) is 5.91 Å². The zero-order chi connectivity index (χ0) is 19.4. The van der Waals surface area contributed by atoms with Gasteiger partial charge in [-0.25, -0.2) is 0 Å². The fourth-order valence-corrected chi connectivity index (χ4v) is 2.90. The van der Waals surface area contributed by atoms with Crippen LogP contribution in [0.25, 0.3) is 0 Å². The van der Waals surface area contributed by atoms with E-state index >= 15 is 0 Å². The van der Waals surface area contributed by atoms with Crippen molar-refractivity contribution in [2.24, 2.45) is 4.99 Å². The summed E-state index contributed by atoms with van der Waals surface area (Å²) in [6.45, 7) is 11.6. The van der Waals surface area contributed by atoms with Crippen molar-refractivity contribution in [3.8, 4) is 0 Å². The van der Waals surface area contributed by atoms with E-state index in [4.69, 9.17) is 0 Å². The van der Waals surface area contributed by atoms with Crippen LogP contribution in [0.2, 0.25) is 0 Å². The summed E-state index contributed by atoms with van der Waals surface area (Å²) >= 11 is 0. The molecule has 0 spiro atoms. The lowest BCUT2D eigenvalue weighted by atomic mass is 10.1. The molecule has 0 fully saturated rings. The molecule has 0 bridgehead atoms. The Kier molecular flexibility index (Phi) is 10.4. The Morgan fingerprint density at radius 1 is 1.12 bits per heavy atom. The van der Waals surface area contributed by atoms with Gasteiger partial charge in [-0.15, -0.1) is 0 Å². The van der Waals surface area contributed by atoms with E-state index in [0.29, 0.717) is 13.0 Å². The summed E-state index contributed by atoms with van der Waals surface area (Å²) < 4.78 is 0.